The second-order valence-corrected chi connectivity index (χ2v) is 9.85. The molecule has 0 aliphatic carbocycles. The number of aromatic nitrogens is 1. The van der Waals surface area contributed by atoms with Crippen LogP contribution in [0.4, 0.5) is 5.69 Å². The molecule has 3 aromatic rings. The number of hydrogen-bond donors (Lipinski definition) is 2. The first-order valence-corrected chi connectivity index (χ1v) is 12.1. The SMILES string of the molecule is Cc1cc(Cl)ccc1C(C/C(=N\O)c1ccc(=O)n(C)c1)c1ccc(NS(C)(=O)=O)cc1. The maximum Gasteiger partial charge on any atom is 0.250 e. The summed E-state index contributed by atoms with van der Waals surface area (Å²) in [5.74, 6) is -0.206. The lowest BCUT2D eigenvalue weighted by molar-refractivity contribution is 0.317. The fourth-order valence-corrected chi connectivity index (χ4v) is 4.40. The Bertz CT molecular complexity index is 1320. The van der Waals surface area contributed by atoms with Gasteiger partial charge in [0, 0.05) is 47.9 Å². The minimum absolute atomic E-state index is 0.162. The maximum absolute atomic E-state index is 11.8. The number of rotatable bonds is 7. The standard InChI is InChI=1S/C23H24ClN3O4S/c1-15-12-18(24)7-10-20(15)21(16-4-8-19(9-5-16)26-32(3,30)31)13-22(25-29)17-6-11-23(28)27(2)14-17/h4-12,14,21,26,29H,13H2,1-3H3/b25-22+. The van der Waals surface area contributed by atoms with Gasteiger partial charge in [0.15, 0.2) is 0 Å². The fraction of sp³-hybridized carbons (Fsp3) is 0.217. The molecule has 0 spiro atoms. The number of oxime groups is 1. The molecule has 0 aliphatic heterocycles. The normalized spacial score (nSPS) is 13.1. The molecule has 1 aromatic heterocycles. The predicted octanol–water partition coefficient (Wildman–Crippen LogP) is 4.12. The van der Waals surface area contributed by atoms with Crippen LogP contribution in [-0.2, 0) is 17.1 Å². The molecule has 32 heavy (non-hydrogen) atoms. The Balaban J connectivity index is 2.04. The molecular formula is C23H24ClN3O4S. The highest BCUT2D eigenvalue weighted by atomic mass is 35.5. The fourth-order valence-electron chi connectivity index (χ4n) is 3.61. The smallest absolute Gasteiger partial charge is 0.250 e. The monoisotopic (exact) mass is 473 g/mol. The van der Waals surface area contributed by atoms with Crippen LogP contribution in [0.5, 0.6) is 0 Å². The van der Waals surface area contributed by atoms with E-state index >= 15 is 0 Å². The lowest BCUT2D eigenvalue weighted by Gasteiger charge is -2.21. The third-order valence-electron chi connectivity index (χ3n) is 5.16. The highest BCUT2D eigenvalue weighted by molar-refractivity contribution is 7.92. The van der Waals surface area contributed by atoms with E-state index in [1.807, 2.05) is 31.2 Å². The zero-order valence-electron chi connectivity index (χ0n) is 17.9. The third kappa shape index (κ3) is 5.77. The minimum Gasteiger partial charge on any atom is -0.411 e. The lowest BCUT2D eigenvalue weighted by Crippen LogP contribution is -2.18. The van der Waals surface area contributed by atoms with Gasteiger partial charge < -0.3 is 9.77 Å². The molecule has 1 unspecified atom stereocenters. The van der Waals surface area contributed by atoms with Crippen LogP contribution in [0.15, 0.2) is 70.7 Å². The highest BCUT2D eigenvalue weighted by Gasteiger charge is 2.21. The van der Waals surface area contributed by atoms with E-state index in [9.17, 15) is 18.4 Å². The van der Waals surface area contributed by atoms with Crippen molar-refractivity contribution in [1.82, 2.24) is 4.57 Å². The molecule has 0 amide bonds. The van der Waals surface area contributed by atoms with Gasteiger partial charge in [-0.05, 0) is 53.9 Å². The predicted molar refractivity (Wildman–Crippen MR) is 128 cm³/mol. The number of benzene rings is 2. The number of halogens is 1. The molecule has 9 heteroatoms. The Morgan fingerprint density at radius 3 is 2.41 bits per heavy atom. The van der Waals surface area contributed by atoms with E-state index in [1.165, 1.54) is 10.6 Å². The molecule has 7 nitrogen and oxygen atoms in total. The van der Waals surface area contributed by atoms with Gasteiger partial charge in [-0.2, -0.15) is 0 Å². The number of sulfonamides is 1. The first-order valence-electron chi connectivity index (χ1n) is 9.79. The quantitative estimate of drug-likeness (QED) is 0.306. The highest BCUT2D eigenvalue weighted by Crippen LogP contribution is 2.33. The molecule has 2 N–H and O–H groups in total. The summed E-state index contributed by atoms with van der Waals surface area (Å²) in [7, 11) is -1.75. The van der Waals surface area contributed by atoms with Gasteiger partial charge in [0.1, 0.15) is 0 Å². The summed E-state index contributed by atoms with van der Waals surface area (Å²) in [6.07, 6.45) is 3.07. The summed E-state index contributed by atoms with van der Waals surface area (Å²) in [5.41, 5.74) is 4.20. The van der Waals surface area contributed by atoms with Crippen LogP contribution in [0.1, 0.15) is 34.6 Å². The minimum atomic E-state index is -3.39. The Morgan fingerprint density at radius 2 is 1.84 bits per heavy atom. The van der Waals surface area contributed by atoms with E-state index < -0.39 is 10.0 Å². The molecule has 0 bridgehead atoms. The van der Waals surface area contributed by atoms with Gasteiger partial charge in [0.2, 0.25) is 15.6 Å². The van der Waals surface area contributed by atoms with Crippen LogP contribution in [-0.4, -0.2) is 30.2 Å². The lowest BCUT2D eigenvalue weighted by atomic mass is 9.83. The van der Waals surface area contributed by atoms with Crippen LogP contribution >= 0.6 is 11.6 Å². The van der Waals surface area contributed by atoms with Crippen LogP contribution < -0.4 is 10.3 Å². The molecule has 3 rings (SSSR count). The number of nitrogens with one attached hydrogen (secondary N) is 1. The first kappa shape index (κ1) is 23.6. The van der Waals surface area contributed by atoms with Crippen molar-refractivity contribution in [1.29, 1.82) is 0 Å². The van der Waals surface area contributed by atoms with E-state index in [0.29, 0.717) is 28.4 Å². The van der Waals surface area contributed by atoms with Gasteiger partial charge in [0.05, 0.1) is 12.0 Å². The summed E-state index contributed by atoms with van der Waals surface area (Å²) in [6.45, 7) is 1.95. The number of aryl methyl sites for hydroxylation is 2. The molecular weight excluding hydrogens is 450 g/mol. The largest absolute Gasteiger partial charge is 0.411 e. The Kier molecular flexibility index (Phi) is 7.06. The molecule has 1 atom stereocenters. The number of hydrogen-bond acceptors (Lipinski definition) is 5. The van der Waals surface area contributed by atoms with Crippen molar-refractivity contribution in [3.8, 4) is 0 Å². The van der Waals surface area contributed by atoms with E-state index in [1.54, 1.807) is 37.5 Å². The van der Waals surface area contributed by atoms with Crippen LogP contribution in [0.2, 0.25) is 5.02 Å². The van der Waals surface area contributed by atoms with Crippen molar-refractivity contribution >= 4 is 33.0 Å². The number of nitrogens with zero attached hydrogens (tertiary/aromatic N) is 2. The molecule has 0 fully saturated rings. The molecule has 0 radical (unpaired) electrons. The van der Waals surface area contributed by atoms with Crippen molar-refractivity contribution < 1.29 is 13.6 Å². The Hall–Kier alpha value is -3.10. The van der Waals surface area contributed by atoms with E-state index in [2.05, 4.69) is 9.88 Å². The topological polar surface area (TPSA) is 101 Å². The van der Waals surface area contributed by atoms with Gasteiger partial charge in [-0.25, -0.2) is 8.42 Å². The zero-order chi connectivity index (χ0) is 23.5. The molecule has 1 heterocycles. The number of pyridine rings is 1. The summed E-state index contributed by atoms with van der Waals surface area (Å²) in [6, 6.07) is 15.7. The average Bonchev–Trinajstić information content (AvgIpc) is 2.71. The molecule has 2 aromatic carbocycles. The van der Waals surface area contributed by atoms with Gasteiger partial charge >= 0.3 is 0 Å². The second kappa shape index (κ2) is 9.58. The summed E-state index contributed by atoms with van der Waals surface area (Å²) < 4.78 is 26.9. The van der Waals surface area contributed by atoms with Gasteiger partial charge in [-0.3, -0.25) is 9.52 Å². The van der Waals surface area contributed by atoms with Crippen molar-refractivity contribution in [2.24, 2.45) is 12.2 Å². The Labute approximate surface area is 192 Å². The molecule has 0 saturated heterocycles. The van der Waals surface area contributed by atoms with Crippen molar-refractivity contribution in [2.45, 2.75) is 19.3 Å². The zero-order valence-corrected chi connectivity index (χ0v) is 19.5. The maximum atomic E-state index is 11.8. The molecule has 168 valence electrons. The van der Waals surface area contributed by atoms with Crippen molar-refractivity contribution in [3.63, 3.8) is 0 Å². The second-order valence-electron chi connectivity index (χ2n) is 7.67. The summed E-state index contributed by atoms with van der Waals surface area (Å²) in [4.78, 5) is 11.8. The van der Waals surface area contributed by atoms with Gasteiger partial charge in [0.25, 0.3) is 0 Å². The van der Waals surface area contributed by atoms with Crippen LogP contribution in [0.25, 0.3) is 0 Å². The van der Waals surface area contributed by atoms with E-state index in [0.717, 1.165) is 22.9 Å². The summed E-state index contributed by atoms with van der Waals surface area (Å²) >= 11 is 6.15. The van der Waals surface area contributed by atoms with Crippen molar-refractivity contribution in [3.05, 3.63) is 98.4 Å². The van der Waals surface area contributed by atoms with Crippen LogP contribution in [0, 0.1) is 6.92 Å². The van der Waals surface area contributed by atoms with Crippen LogP contribution in [0.3, 0.4) is 0 Å². The summed E-state index contributed by atoms with van der Waals surface area (Å²) in [5, 5.41) is 13.9. The average molecular weight is 474 g/mol. The Morgan fingerprint density at radius 1 is 1.16 bits per heavy atom. The van der Waals surface area contributed by atoms with E-state index in [-0.39, 0.29) is 11.5 Å². The first-order chi connectivity index (χ1) is 15.1. The van der Waals surface area contributed by atoms with Crippen molar-refractivity contribution in [2.75, 3.05) is 11.0 Å². The van der Waals surface area contributed by atoms with Gasteiger partial charge in [-0.15, -0.1) is 0 Å². The van der Waals surface area contributed by atoms with E-state index in [4.69, 9.17) is 11.6 Å². The van der Waals surface area contributed by atoms with Gasteiger partial charge in [-0.1, -0.05) is 35.0 Å². The third-order valence-corrected chi connectivity index (χ3v) is 6.00. The molecule has 0 saturated carbocycles. The number of anilines is 1. The molecule has 0 aliphatic rings.